The van der Waals surface area contributed by atoms with Crippen molar-refractivity contribution < 1.29 is 29.3 Å². The maximum atomic E-state index is 13.1. The topological polar surface area (TPSA) is 143 Å². The molecule has 1 fully saturated rings. The molecule has 4 aromatic rings. The predicted octanol–water partition coefficient (Wildman–Crippen LogP) is 4.56. The molecule has 2 aromatic carbocycles. The lowest BCUT2D eigenvalue weighted by Gasteiger charge is -2.31. The van der Waals surface area contributed by atoms with Crippen LogP contribution in [-0.2, 0) is 25.5 Å². The molecule has 43 heavy (non-hydrogen) atoms. The van der Waals surface area contributed by atoms with E-state index in [0.29, 0.717) is 17.9 Å². The second-order valence-electron chi connectivity index (χ2n) is 10.4. The van der Waals surface area contributed by atoms with E-state index in [1.54, 1.807) is 12.4 Å². The number of aromatic nitrogens is 2. The first-order valence-corrected chi connectivity index (χ1v) is 14.2. The first-order valence-electron chi connectivity index (χ1n) is 14.2. The third-order valence-corrected chi connectivity index (χ3v) is 7.25. The van der Waals surface area contributed by atoms with Crippen LogP contribution < -0.4 is 10.6 Å². The van der Waals surface area contributed by atoms with Gasteiger partial charge in [0.05, 0.1) is 12.1 Å². The van der Waals surface area contributed by atoms with E-state index in [4.69, 9.17) is 14.5 Å². The minimum absolute atomic E-state index is 0.0279. The van der Waals surface area contributed by atoms with Crippen LogP contribution in [0.2, 0.25) is 0 Å². The van der Waals surface area contributed by atoms with Crippen molar-refractivity contribution in [2.24, 2.45) is 0 Å². The zero-order valence-corrected chi connectivity index (χ0v) is 23.5. The van der Waals surface area contributed by atoms with Crippen molar-refractivity contribution in [3.05, 3.63) is 120 Å². The number of carboxylic acids is 1. The van der Waals surface area contributed by atoms with Gasteiger partial charge in [0.25, 0.3) is 5.91 Å². The lowest BCUT2D eigenvalue weighted by Crippen LogP contribution is -2.42. The molecule has 0 spiro atoms. The van der Waals surface area contributed by atoms with Crippen molar-refractivity contribution in [3.8, 4) is 0 Å². The van der Waals surface area contributed by atoms with Gasteiger partial charge < -0.3 is 30.3 Å². The number of aliphatic carboxylic acids is 1. The summed E-state index contributed by atoms with van der Waals surface area (Å²) in [6.45, 7) is -0.385. The Morgan fingerprint density at radius 1 is 0.907 bits per heavy atom. The summed E-state index contributed by atoms with van der Waals surface area (Å²) in [5, 5.41) is 25.8. The van der Waals surface area contributed by atoms with Crippen molar-refractivity contribution in [2.75, 3.05) is 17.2 Å². The van der Waals surface area contributed by atoms with Gasteiger partial charge in [-0.15, -0.1) is 0 Å². The number of nitrogens with zero attached hydrogens (tertiary/aromatic N) is 2. The Kier molecular flexibility index (Phi) is 10.1. The minimum Gasteiger partial charge on any atom is -0.479 e. The van der Waals surface area contributed by atoms with Crippen LogP contribution >= 0.6 is 0 Å². The molecule has 4 N–H and O–H groups in total. The molecule has 1 aliphatic rings. The van der Waals surface area contributed by atoms with E-state index in [9.17, 15) is 19.8 Å². The predicted molar refractivity (Wildman–Crippen MR) is 160 cm³/mol. The van der Waals surface area contributed by atoms with Crippen LogP contribution in [0.15, 0.2) is 103 Å². The van der Waals surface area contributed by atoms with Crippen LogP contribution in [0.4, 0.5) is 11.5 Å². The number of anilines is 2. The molecule has 1 amide bonds. The number of aliphatic hydroxyl groups is 1. The van der Waals surface area contributed by atoms with E-state index in [2.05, 4.69) is 27.8 Å². The van der Waals surface area contributed by atoms with Gasteiger partial charge in [-0.25, -0.2) is 9.78 Å². The van der Waals surface area contributed by atoms with Gasteiger partial charge in [-0.05, 0) is 47.9 Å². The Bertz CT molecular complexity index is 1470. The van der Waals surface area contributed by atoms with Gasteiger partial charge in [-0.1, -0.05) is 60.7 Å². The Balaban J connectivity index is 1.41. The van der Waals surface area contributed by atoms with E-state index in [-0.39, 0.29) is 31.4 Å². The zero-order valence-electron chi connectivity index (χ0n) is 23.5. The zero-order chi connectivity index (χ0) is 30.0. The van der Waals surface area contributed by atoms with Crippen LogP contribution in [0, 0.1) is 0 Å². The first-order chi connectivity index (χ1) is 21.0. The second kappa shape index (κ2) is 14.5. The summed E-state index contributed by atoms with van der Waals surface area (Å²) in [4.78, 5) is 33.7. The highest BCUT2D eigenvalue weighted by Gasteiger charge is 2.34. The van der Waals surface area contributed by atoms with E-state index in [1.807, 2.05) is 78.9 Å². The van der Waals surface area contributed by atoms with Gasteiger partial charge in [-0.3, -0.25) is 9.78 Å². The molecule has 0 saturated carbocycles. The van der Waals surface area contributed by atoms with Gasteiger partial charge in [0.2, 0.25) is 0 Å². The van der Waals surface area contributed by atoms with Crippen LogP contribution in [-0.4, -0.2) is 57.2 Å². The van der Waals surface area contributed by atoms with Crippen molar-refractivity contribution in [1.82, 2.24) is 9.97 Å². The third-order valence-electron chi connectivity index (χ3n) is 7.25. The van der Waals surface area contributed by atoms with Crippen molar-refractivity contribution in [3.63, 3.8) is 0 Å². The highest BCUT2D eigenvalue weighted by Crippen LogP contribution is 2.38. The molecule has 5 atom stereocenters. The molecule has 0 radical (unpaired) electrons. The summed E-state index contributed by atoms with van der Waals surface area (Å²) < 4.78 is 11.0. The van der Waals surface area contributed by atoms with Crippen LogP contribution in [0.5, 0.6) is 0 Å². The van der Waals surface area contributed by atoms with E-state index in [0.717, 1.165) is 16.8 Å². The van der Waals surface area contributed by atoms with Crippen molar-refractivity contribution in [1.29, 1.82) is 0 Å². The summed E-state index contributed by atoms with van der Waals surface area (Å²) in [6.07, 6.45) is 1.11. The maximum Gasteiger partial charge on any atom is 0.333 e. The first kappa shape index (κ1) is 29.8. The highest BCUT2D eigenvalue weighted by molar-refractivity contribution is 5.92. The summed E-state index contributed by atoms with van der Waals surface area (Å²) in [6, 6.07) is 28.8. The lowest BCUT2D eigenvalue weighted by atomic mass is 9.84. The number of carbonyl (C=O) groups is 2. The number of carbonyl (C=O) groups excluding carboxylic acids is 1. The number of pyridine rings is 2. The Hall–Kier alpha value is -4.64. The normalized spacial score (nSPS) is 19.6. The van der Waals surface area contributed by atoms with Gasteiger partial charge in [-0.2, -0.15) is 0 Å². The second-order valence-corrected chi connectivity index (χ2v) is 10.4. The minimum atomic E-state index is -1.19. The molecule has 222 valence electrons. The number of nitrogens with one attached hydrogen (secondary N) is 2. The molecular formula is C33H34N4O6. The average molecular weight is 583 g/mol. The summed E-state index contributed by atoms with van der Waals surface area (Å²) in [5.41, 5.74) is 3.41. The maximum absolute atomic E-state index is 13.1. The van der Waals surface area contributed by atoms with Crippen molar-refractivity contribution in [2.45, 2.75) is 49.7 Å². The Labute approximate surface area is 249 Å². The van der Waals surface area contributed by atoms with Gasteiger partial charge >= 0.3 is 5.97 Å². The molecule has 2 aromatic heterocycles. The molecule has 5 unspecified atom stereocenters. The fraction of sp³-hybridized carbons (Fsp3) is 0.273. The molecule has 3 heterocycles. The number of benzene rings is 2. The summed E-state index contributed by atoms with van der Waals surface area (Å²) in [7, 11) is 0. The largest absolute Gasteiger partial charge is 0.479 e. The number of carboxylic acid groups (broad SMARTS) is 1. The summed E-state index contributed by atoms with van der Waals surface area (Å²) >= 11 is 0. The van der Waals surface area contributed by atoms with Gasteiger partial charge in [0.15, 0.2) is 12.4 Å². The van der Waals surface area contributed by atoms with E-state index < -0.39 is 30.4 Å². The van der Waals surface area contributed by atoms with E-state index in [1.165, 1.54) is 0 Å². The number of amides is 1. The molecule has 10 nitrogen and oxygen atoms in total. The number of rotatable bonds is 12. The SMILES string of the molecule is O=C(COC1CC(O)CC(C(=O)O)O1)Nc1ccccc1C(Nc1ccccn1)C(Cc1ccccc1)c1ccccn1. The molecular weight excluding hydrogens is 548 g/mol. The lowest BCUT2D eigenvalue weighted by molar-refractivity contribution is -0.220. The van der Waals surface area contributed by atoms with E-state index >= 15 is 0 Å². The highest BCUT2D eigenvalue weighted by atomic mass is 16.7. The fourth-order valence-corrected chi connectivity index (χ4v) is 5.22. The molecule has 1 aliphatic heterocycles. The molecule has 1 saturated heterocycles. The monoisotopic (exact) mass is 582 g/mol. The Morgan fingerprint density at radius 3 is 2.35 bits per heavy atom. The fourth-order valence-electron chi connectivity index (χ4n) is 5.22. The molecule has 10 heteroatoms. The molecule has 0 aliphatic carbocycles. The van der Waals surface area contributed by atoms with Crippen LogP contribution in [0.3, 0.4) is 0 Å². The molecule has 0 bridgehead atoms. The van der Waals surface area contributed by atoms with Gasteiger partial charge in [0.1, 0.15) is 12.4 Å². The third kappa shape index (κ3) is 8.23. The Morgan fingerprint density at radius 2 is 1.63 bits per heavy atom. The number of ether oxygens (including phenoxy) is 2. The number of hydrogen-bond acceptors (Lipinski definition) is 8. The standard InChI is InChI=1S/C33H34N4O6/c38-23-19-28(33(40)41)43-31(20-23)42-21-30(39)36-27-14-5-4-12-24(27)32(37-29-15-7-9-17-35-29)25(26-13-6-8-16-34-26)18-22-10-2-1-3-11-22/h1-17,23,25,28,31-32,38H,18-21H2,(H,35,37)(H,36,39)(H,40,41). The van der Waals surface area contributed by atoms with Crippen LogP contribution in [0.25, 0.3) is 0 Å². The number of aliphatic hydroxyl groups excluding tert-OH is 1. The van der Waals surface area contributed by atoms with Gasteiger partial charge in [0, 0.05) is 42.5 Å². The average Bonchev–Trinajstić information content (AvgIpc) is 3.03. The smallest absolute Gasteiger partial charge is 0.333 e. The van der Waals surface area contributed by atoms with Crippen LogP contribution in [0.1, 0.15) is 41.6 Å². The quantitative estimate of drug-likeness (QED) is 0.189. The summed E-state index contributed by atoms with van der Waals surface area (Å²) in [5.74, 6) is -1.11. The molecule has 5 rings (SSSR count). The number of hydrogen-bond donors (Lipinski definition) is 4. The number of para-hydroxylation sites is 1. The van der Waals surface area contributed by atoms with Crippen molar-refractivity contribution >= 4 is 23.4 Å².